The maximum Gasteiger partial charge on any atom is 0.416 e. The Kier molecular flexibility index (Phi) is 3.87. The molecule has 0 radical (unpaired) electrons. The van der Waals surface area contributed by atoms with Crippen molar-refractivity contribution in [2.45, 2.75) is 25.1 Å². The topological polar surface area (TPSA) is 23.5 Å². The molecule has 100 valence electrons. The zero-order valence-electron chi connectivity index (χ0n) is 9.54. The average Bonchev–Trinajstić information content (AvgIpc) is 3.09. The van der Waals surface area contributed by atoms with Gasteiger partial charge in [-0.15, -0.1) is 0 Å². The zero-order chi connectivity index (χ0) is 13.3. The van der Waals surface area contributed by atoms with Crippen LogP contribution in [-0.4, -0.2) is 24.3 Å². The predicted octanol–water partition coefficient (Wildman–Crippen LogP) is 3.43. The number of halogens is 4. The molecule has 0 bridgehead atoms. The van der Waals surface area contributed by atoms with Crippen molar-refractivity contribution >= 4 is 21.6 Å². The first-order valence-electron chi connectivity index (χ1n) is 5.67. The van der Waals surface area contributed by atoms with Crippen LogP contribution in [0.5, 0.6) is 0 Å². The molecule has 0 spiro atoms. The largest absolute Gasteiger partial charge is 0.416 e. The van der Waals surface area contributed by atoms with Crippen LogP contribution in [0, 0.1) is 0 Å². The summed E-state index contributed by atoms with van der Waals surface area (Å²) in [5.74, 6) is 0. The van der Waals surface area contributed by atoms with E-state index in [9.17, 15) is 13.2 Å². The Morgan fingerprint density at radius 1 is 1.33 bits per heavy atom. The Labute approximate surface area is 112 Å². The van der Waals surface area contributed by atoms with Gasteiger partial charge in [0.05, 0.1) is 17.9 Å². The van der Waals surface area contributed by atoms with Crippen molar-refractivity contribution in [2.24, 2.45) is 0 Å². The zero-order valence-corrected chi connectivity index (χ0v) is 11.1. The summed E-state index contributed by atoms with van der Waals surface area (Å²) in [7, 11) is 0. The molecule has 0 aliphatic heterocycles. The van der Waals surface area contributed by atoms with E-state index in [2.05, 4.69) is 15.9 Å². The molecule has 0 saturated heterocycles. The number of aliphatic hydroxyl groups excluding tert-OH is 1. The van der Waals surface area contributed by atoms with Gasteiger partial charge in [-0.25, -0.2) is 0 Å². The normalized spacial score (nSPS) is 15.8. The highest BCUT2D eigenvalue weighted by Crippen LogP contribution is 2.39. The number of alkyl halides is 3. The minimum absolute atomic E-state index is 0.00996. The van der Waals surface area contributed by atoms with Gasteiger partial charge in [-0.3, -0.25) is 0 Å². The van der Waals surface area contributed by atoms with Gasteiger partial charge in [0.2, 0.25) is 0 Å². The van der Waals surface area contributed by atoms with Crippen LogP contribution >= 0.6 is 15.9 Å². The Morgan fingerprint density at radius 3 is 2.44 bits per heavy atom. The van der Waals surface area contributed by atoms with Crippen LogP contribution in [0.1, 0.15) is 18.4 Å². The summed E-state index contributed by atoms with van der Waals surface area (Å²) in [5, 5.41) is 9.01. The SMILES string of the molecule is OCCN(c1ccc(C(F)(F)F)cc1Br)C1CC1. The van der Waals surface area contributed by atoms with Crippen molar-refractivity contribution in [3.05, 3.63) is 28.2 Å². The van der Waals surface area contributed by atoms with E-state index in [-0.39, 0.29) is 6.61 Å². The molecule has 0 atom stereocenters. The van der Waals surface area contributed by atoms with E-state index in [4.69, 9.17) is 5.11 Å². The third-order valence-corrected chi connectivity index (χ3v) is 3.55. The quantitative estimate of drug-likeness (QED) is 0.917. The van der Waals surface area contributed by atoms with Gasteiger partial charge in [-0.05, 0) is 47.0 Å². The summed E-state index contributed by atoms with van der Waals surface area (Å²) < 4.78 is 38.1. The molecule has 1 aromatic rings. The highest BCUT2D eigenvalue weighted by molar-refractivity contribution is 9.10. The van der Waals surface area contributed by atoms with Gasteiger partial charge < -0.3 is 10.0 Å². The van der Waals surface area contributed by atoms with Crippen LogP contribution in [-0.2, 0) is 6.18 Å². The summed E-state index contributed by atoms with van der Waals surface area (Å²) in [6.07, 6.45) is -2.29. The summed E-state index contributed by atoms with van der Waals surface area (Å²) in [6, 6.07) is 3.96. The molecule has 0 amide bonds. The highest BCUT2D eigenvalue weighted by atomic mass is 79.9. The molecule has 1 N–H and O–H groups in total. The van der Waals surface area contributed by atoms with E-state index in [1.165, 1.54) is 6.07 Å². The van der Waals surface area contributed by atoms with Crippen LogP contribution in [0.4, 0.5) is 18.9 Å². The first-order valence-corrected chi connectivity index (χ1v) is 6.47. The third-order valence-electron chi connectivity index (χ3n) is 2.91. The van der Waals surface area contributed by atoms with Crippen LogP contribution in [0.3, 0.4) is 0 Å². The van der Waals surface area contributed by atoms with E-state index in [1.54, 1.807) is 0 Å². The maximum absolute atomic E-state index is 12.5. The van der Waals surface area contributed by atoms with Crippen LogP contribution in [0.15, 0.2) is 22.7 Å². The van der Waals surface area contributed by atoms with E-state index in [0.717, 1.165) is 25.0 Å². The van der Waals surface area contributed by atoms with E-state index in [1.807, 2.05) is 4.90 Å². The summed E-state index contributed by atoms with van der Waals surface area (Å²) >= 11 is 3.18. The fourth-order valence-electron chi connectivity index (χ4n) is 1.91. The van der Waals surface area contributed by atoms with Crippen LogP contribution in [0.2, 0.25) is 0 Å². The molecule has 1 aromatic carbocycles. The fraction of sp³-hybridized carbons (Fsp3) is 0.500. The summed E-state index contributed by atoms with van der Waals surface area (Å²) in [5.41, 5.74) is 0.0393. The first kappa shape index (κ1) is 13.7. The molecule has 0 unspecified atom stereocenters. The van der Waals surface area contributed by atoms with Crippen molar-refractivity contribution < 1.29 is 18.3 Å². The molecule has 2 nitrogen and oxygen atoms in total. The fourth-order valence-corrected chi connectivity index (χ4v) is 2.52. The molecule has 1 aliphatic carbocycles. The Hall–Kier alpha value is -0.750. The molecule has 0 heterocycles. The smallest absolute Gasteiger partial charge is 0.395 e. The molecule has 0 aromatic heterocycles. The molecule has 6 heteroatoms. The number of hydrogen-bond acceptors (Lipinski definition) is 2. The second-order valence-corrected chi connectivity index (χ2v) is 5.17. The third kappa shape index (κ3) is 2.98. The lowest BCUT2D eigenvalue weighted by molar-refractivity contribution is -0.137. The summed E-state index contributed by atoms with van der Waals surface area (Å²) in [6.45, 7) is 0.429. The molecule has 1 fully saturated rings. The van der Waals surface area contributed by atoms with Crippen molar-refractivity contribution in [1.82, 2.24) is 0 Å². The molecule has 1 aliphatic rings. The number of benzene rings is 1. The number of aliphatic hydroxyl groups is 1. The minimum atomic E-state index is -4.33. The molecule has 2 rings (SSSR count). The monoisotopic (exact) mass is 323 g/mol. The molecule has 1 saturated carbocycles. The molecular formula is C12H13BrF3NO. The maximum atomic E-state index is 12.5. The Morgan fingerprint density at radius 2 is 2.00 bits per heavy atom. The van der Waals surface area contributed by atoms with Gasteiger partial charge >= 0.3 is 6.18 Å². The predicted molar refractivity (Wildman–Crippen MR) is 66.6 cm³/mol. The number of anilines is 1. The van der Waals surface area contributed by atoms with Crippen molar-refractivity contribution in [1.29, 1.82) is 0 Å². The van der Waals surface area contributed by atoms with E-state index >= 15 is 0 Å². The van der Waals surface area contributed by atoms with Gasteiger partial charge in [-0.1, -0.05) is 0 Å². The van der Waals surface area contributed by atoms with Gasteiger partial charge in [0.15, 0.2) is 0 Å². The first-order chi connectivity index (χ1) is 8.43. The average molecular weight is 324 g/mol. The standard InChI is InChI=1S/C12H13BrF3NO/c13-10-7-8(12(14,15)16)1-4-11(10)17(5-6-18)9-2-3-9/h1,4,7,9,18H,2-3,5-6H2. The van der Waals surface area contributed by atoms with Gasteiger partial charge in [0.1, 0.15) is 0 Å². The van der Waals surface area contributed by atoms with E-state index < -0.39 is 11.7 Å². The number of hydrogen-bond donors (Lipinski definition) is 1. The van der Waals surface area contributed by atoms with Crippen molar-refractivity contribution in [2.75, 3.05) is 18.1 Å². The van der Waals surface area contributed by atoms with Crippen LogP contribution < -0.4 is 4.90 Å². The Bertz CT molecular complexity index is 432. The lowest BCUT2D eigenvalue weighted by atomic mass is 10.2. The Balaban J connectivity index is 2.28. The number of rotatable bonds is 4. The van der Waals surface area contributed by atoms with Gasteiger partial charge in [-0.2, -0.15) is 13.2 Å². The van der Waals surface area contributed by atoms with Crippen molar-refractivity contribution in [3.8, 4) is 0 Å². The van der Waals surface area contributed by atoms with Crippen LogP contribution in [0.25, 0.3) is 0 Å². The second kappa shape index (κ2) is 5.09. The second-order valence-electron chi connectivity index (χ2n) is 4.31. The molecular weight excluding hydrogens is 311 g/mol. The van der Waals surface area contributed by atoms with Gasteiger partial charge in [0.25, 0.3) is 0 Å². The van der Waals surface area contributed by atoms with E-state index in [0.29, 0.717) is 22.7 Å². The van der Waals surface area contributed by atoms with Gasteiger partial charge in [0, 0.05) is 17.1 Å². The lowest BCUT2D eigenvalue weighted by Gasteiger charge is -2.25. The minimum Gasteiger partial charge on any atom is -0.395 e. The summed E-state index contributed by atoms with van der Waals surface area (Å²) in [4.78, 5) is 1.95. The number of nitrogens with zero attached hydrogens (tertiary/aromatic N) is 1. The molecule has 18 heavy (non-hydrogen) atoms. The lowest BCUT2D eigenvalue weighted by Crippen LogP contribution is -2.29. The highest BCUT2D eigenvalue weighted by Gasteiger charge is 2.33. The van der Waals surface area contributed by atoms with Crippen molar-refractivity contribution in [3.63, 3.8) is 0 Å².